The molecule has 1 N–H and O–H groups in total. The lowest BCUT2D eigenvalue weighted by Gasteiger charge is -2.07. The predicted molar refractivity (Wildman–Crippen MR) is 81.0 cm³/mol. The highest BCUT2D eigenvalue weighted by Crippen LogP contribution is 2.09. The van der Waals surface area contributed by atoms with E-state index in [1.807, 2.05) is 24.3 Å². The molecule has 0 aliphatic heterocycles. The third-order valence-electron chi connectivity index (χ3n) is 2.94. The molecular formula is C16H15BrFNO. The van der Waals surface area contributed by atoms with Crippen molar-refractivity contribution < 1.29 is 9.18 Å². The van der Waals surface area contributed by atoms with Gasteiger partial charge in [0.05, 0.1) is 6.42 Å². The summed E-state index contributed by atoms with van der Waals surface area (Å²) in [5.74, 6) is -0.525. The zero-order valence-electron chi connectivity index (χ0n) is 10.9. The Balaban J connectivity index is 1.90. The normalized spacial score (nSPS) is 10.3. The Hall–Kier alpha value is -1.68. The van der Waals surface area contributed by atoms with Crippen molar-refractivity contribution in [1.82, 2.24) is 5.32 Å². The molecule has 20 heavy (non-hydrogen) atoms. The molecule has 1 amide bonds. The number of amides is 1. The van der Waals surface area contributed by atoms with Crippen molar-refractivity contribution in [2.45, 2.75) is 18.3 Å². The summed E-state index contributed by atoms with van der Waals surface area (Å²) in [7, 11) is 0. The van der Waals surface area contributed by atoms with Gasteiger partial charge >= 0.3 is 0 Å². The molecule has 0 aliphatic rings. The molecule has 104 valence electrons. The fourth-order valence-corrected chi connectivity index (χ4v) is 2.25. The zero-order chi connectivity index (χ0) is 14.4. The highest BCUT2D eigenvalue weighted by atomic mass is 79.9. The number of nitrogens with one attached hydrogen (secondary N) is 1. The third-order valence-corrected chi connectivity index (χ3v) is 3.59. The number of carbonyl (C=O) groups is 1. The summed E-state index contributed by atoms with van der Waals surface area (Å²) in [6, 6.07) is 14.3. The van der Waals surface area contributed by atoms with E-state index in [9.17, 15) is 9.18 Å². The van der Waals surface area contributed by atoms with Gasteiger partial charge in [-0.2, -0.15) is 0 Å². The van der Waals surface area contributed by atoms with E-state index in [0.29, 0.717) is 12.1 Å². The molecule has 0 bridgehead atoms. The second-order valence-electron chi connectivity index (χ2n) is 4.50. The molecule has 2 aromatic rings. The van der Waals surface area contributed by atoms with Gasteiger partial charge in [0.25, 0.3) is 0 Å². The molecule has 0 aliphatic carbocycles. The van der Waals surface area contributed by atoms with Crippen LogP contribution in [0.15, 0.2) is 48.5 Å². The molecule has 2 rings (SSSR count). The summed E-state index contributed by atoms with van der Waals surface area (Å²) in [6.07, 6.45) is 0.0603. The van der Waals surface area contributed by atoms with Crippen molar-refractivity contribution >= 4 is 21.8 Å². The number of rotatable bonds is 5. The molecule has 0 saturated heterocycles. The lowest BCUT2D eigenvalue weighted by atomic mass is 10.1. The van der Waals surface area contributed by atoms with E-state index in [4.69, 9.17) is 0 Å². The van der Waals surface area contributed by atoms with E-state index in [2.05, 4.69) is 21.2 Å². The molecule has 0 fully saturated rings. The van der Waals surface area contributed by atoms with Crippen LogP contribution in [0.1, 0.15) is 16.7 Å². The van der Waals surface area contributed by atoms with Gasteiger partial charge in [0.15, 0.2) is 0 Å². The lowest BCUT2D eigenvalue weighted by Crippen LogP contribution is -2.24. The Morgan fingerprint density at radius 1 is 1.10 bits per heavy atom. The maximum Gasteiger partial charge on any atom is 0.224 e. The van der Waals surface area contributed by atoms with Crippen LogP contribution in [0.3, 0.4) is 0 Å². The van der Waals surface area contributed by atoms with Gasteiger partial charge in [-0.1, -0.05) is 58.4 Å². The van der Waals surface area contributed by atoms with Crippen LogP contribution in [0.2, 0.25) is 0 Å². The Morgan fingerprint density at radius 2 is 1.85 bits per heavy atom. The van der Waals surface area contributed by atoms with E-state index in [-0.39, 0.29) is 18.1 Å². The largest absolute Gasteiger partial charge is 0.352 e. The van der Waals surface area contributed by atoms with Crippen LogP contribution in [0.5, 0.6) is 0 Å². The molecule has 0 heterocycles. The molecule has 0 atom stereocenters. The molecule has 0 spiro atoms. The summed E-state index contributed by atoms with van der Waals surface area (Å²) >= 11 is 3.39. The molecule has 0 saturated carbocycles. The summed E-state index contributed by atoms with van der Waals surface area (Å²) in [4.78, 5) is 11.8. The van der Waals surface area contributed by atoms with Crippen molar-refractivity contribution in [2.75, 3.05) is 0 Å². The number of halogens is 2. The first kappa shape index (κ1) is 14.7. The monoisotopic (exact) mass is 335 g/mol. The van der Waals surface area contributed by atoms with Crippen LogP contribution in [0, 0.1) is 5.82 Å². The van der Waals surface area contributed by atoms with E-state index >= 15 is 0 Å². The Bertz CT molecular complexity index is 601. The van der Waals surface area contributed by atoms with E-state index in [0.717, 1.165) is 16.5 Å². The van der Waals surface area contributed by atoms with Gasteiger partial charge in [-0.25, -0.2) is 4.39 Å². The Labute approximate surface area is 126 Å². The van der Waals surface area contributed by atoms with E-state index < -0.39 is 0 Å². The fraction of sp³-hybridized carbons (Fsp3) is 0.188. The number of alkyl halides is 1. The first-order chi connectivity index (χ1) is 9.69. The van der Waals surface area contributed by atoms with Crippen LogP contribution >= 0.6 is 15.9 Å². The van der Waals surface area contributed by atoms with Gasteiger partial charge < -0.3 is 5.32 Å². The summed E-state index contributed by atoms with van der Waals surface area (Å²) in [6.45, 7) is 0.453. The van der Waals surface area contributed by atoms with Crippen LogP contribution < -0.4 is 5.32 Å². The number of hydrogen-bond acceptors (Lipinski definition) is 1. The van der Waals surface area contributed by atoms with Gasteiger partial charge in [0.2, 0.25) is 5.91 Å². The van der Waals surface area contributed by atoms with Crippen molar-refractivity contribution in [3.05, 3.63) is 71.0 Å². The molecular weight excluding hydrogens is 321 g/mol. The number of benzene rings is 2. The topological polar surface area (TPSA) is 29.1 Å². The van der Waals surface area contributed by atoms with E-state index in [1.165, 1.54) is 6.07 Å². The SMILES string of the molecule is O=C(Cc1ccccc1F)NCc1cccc(CBr)c1. The minimum atomic E-state index is -0.344. The first-order valence-electron chi connectivity index (χ1n) is 6.33. The minimum absolute atomic E-state index is 0.0603. The Kier molecular flexibility index (Phi) is 5.30. The number of hydrogen-bond donors (Lipinski definition) is 1. The second kappa shape index (κ2) is 7.20. The second-order valence-corrected chi connectivity index (χ2v) is 5.06. The van der Waals surface area contributed by atoms with Crippen molar-refractivity contribution in [3.63, 3.8) is 0 Å². The van der Waals surface area contributed by atoms with Crippen molar-refractivity contribution in [1.29, 1.82) is 0 Å². The van der Waals surface area contributed by atoms with E-state index in [1.54, 1.807) is 18.2 Å². The Morgan fingerprint density at radius 3 is 2.60 bits per heavy atom. The third kappa shape index (κ3) is 4.17. The average Bonchev–Trinajstić information content (AvgIpc) is 2.48. The average molecular weight is 336 g/mol. The van der Waals surface area contributed by atoms with Crippen LogP contribution in [-0.4, -0.2) is 5.91 Å². The molecule has 0 unspecified atom stereocenters. The first-order valence-corrected chi connectivity index (χ1v) is 7.45. The fourth-order valence-electron chi connectivity index (χ4n) is 1.90. The minimum Gasteiger partial charge on any atom is -0.352 e. The van der Waals surface area contributed by atoms with Crippen LogP contribution in [0.25, 0.3) is 0 Å². The molecule has 0 aromatic heterocycles. The highest BCUT2D eigenvalue weighted by molar-refractivity contribution is 9.08. The zero-order valence-corrected chi connectivity index (χ0v) is 12.5. The molecule has 0 radical (unpaired) electrons. The van der Waals surface area contributed by atoms with Gasteiger partial charge in [-0.15, -0.1) is 0 Å². The summed E-state index contributed by atoms with van der Waals surface area (Å²) < 4.78 is 13.4. The van der Waals surface area contributed by atoms with Crippen molar-refractivity contribution in [2.24, 2.45) is 0 Å². The van der Waals surface area contributed by atoms with Crippen LogP contribution in [-0.2, 0) is 23.1 Å². The molecule has 2 nitrogen and oxygen atoms in total. The highest BCUT2D eigenvalue weighted by Gasteiger charge is 2.07. The summed E-state index contributed by atoms with van der Waals surface area (Å²) in [5, 5.41) is 3.59. The maximum absolute atomic E-state index is 13.4. The van der Waals surface area contributed by atoms with Gasteiger partial charge in [0.1, 0.15) is 5.82 Å². The van der Waals surface area contributed by atoms with Gasteiger partial charge in [-0.3, -0.25) is 4.79 Å². The van der Waals surface area contributed by atoms with Gasteiger partial charge in [0, 0.05) is 11.9 Å². The maximum atomic E-state index is 13.4. The standard InChI is InChI=1S/C16H15BrFNO/c17-10-12-4-3-5-13(8-12)11-19-16(20)9-14-6-1-2-7-15(14)18/h1-8H,9-11H2,(H,19,20). The number of carbonyl (C=O) groups excluding carboxylic acids is 1. The van der Waals surface area contributed by atoms with Crippen molar-refractivity contribution in [3.8, 4) is 0 Å². The molecule has 2 aromatic carbocycles. The summed E-state index contributed by atoms with van der Waals surface area (Å²) in [5.41, 5.74) is 2.61. The molecule has 4 heteroatoms. The lowest BCUT2D eigenvalue weighted by molar-refractivity contribution is -0.120. The van der Waals surface area contributed by atoms with Crippen LogP contribution in [0.4, 0.5) is 4.39 Å². The quantitative estimate of drug-likeness (QED) is 0.831. The smallest absolute Gasteiger partial charge is 0.224 e. The predicted octanol–water partition coefficient (Wildman–Crippen LogP) is 3.58. The van der Waals surface area contributed by atoms with Gasteiger partial charge in [-0.05, 0) is 22.8 Å².